The van der Waals surface area contributed by atoms with Gasteiger partial charge in [-0.2, -0.15) is 8.42 Å². The molecular weight excluding hydrogens is 231 g/mol. The van der Waals surface area contributed by atoms with Gasteiger partial charge in [0.25, 0.3) is 0 Å². The van der Waals surface area contributed by atoms with Gasteiger partial charge in [-0.15, -0.1) is 0 Å². The van der Waals surface area contributed by atoms with E-state index < -0.39 is 10.4 Å². The predicted octanol–water partition coefficient (Wildman–Crippen LogP) is -3.14. The zero-order chi connectivity index (χ0) is 10.0. The van der Waals surface area contributed by atoms with Crippen molar-refractivity contribution in [3.8, 4) is 0 Å². The monoisotopic (exact) mass is 246 g/mol. The molecule has 8 nitrogen and oxygen atoms in total. The Morgan fingerprint density at radius 1 is 1.00 bits per heavy atom. The van der Waals surface area contributed by atoms with Crippen molar-refractivity contribution in [3.05, 3.63) is 0 Å². The summed E-state index contributed by atoms with van der Waals surface area (Å²) in [5.41, 5.74) is 0. The first-order valence-corrected chi connectivity index (χ1v) is 4.31. The maximum absolute atomic E-state index is 8.74. The molecule has 10 heteroatoms. The molecule has 0 saturated carbocycles. The van der Waals surface area contributed by atoms with E-state index in [1.807, 2.05) is 0 Å². The van der Waals surface area contributed by atoms with Crippen LogP contribution in [0.3, 0.4) is 0 Å². The fraction of sp³-hybridized carbons (Fsp3) is 1.00. The Hall–Kier alpha value is 0.710. The summed E-state index contributed by atoms with van der Waals surface area (Å²) in [5, 5.41) is 16.2. The molecule has 0 aliphatic carbocycles. The summed E-state index contributed by atoms with van der Waals surface area (Å²) >= 11 is 0. The molecule has 0 aromatic heterocycles. The molecule has 86 valence electrons. The van der Waals surface area contributed by atoms with Gasteiger partial charge in [-0.25, -0.2) is 0 Å². The van der Waals surface area contributed by atoms with E-state index in [2.05, 4.69) is 4.74 Å². The summed E-state index contributed by atoms with van der Waals surface area (Å²) in [4.78, 5) is 0. The normalized spacial score (nSPS) is 8.86. The van der Waals surface area contributed by atoms with Gasteiger partial charge in [-0.3, -0.25) is 9.11 Å². The Labute approximate surface area is 104 Å². The molecule has 0 aliphatic rings. The summed E-state index contributed by atoms with van der Waals surface area (Å²) in [7, 11) is -4.67. The number of aliphatic hydroxyl groups is 2. The molecule has 0 amide bonds. The Morgan fingerprint density at radius 3 is 1.36 bits per heavy atom. The van der Waals surface area contributed by atoms with E-state index in [9.17, 15) is 0 Å². The quantitative estimate of drug-likeness (QED) is 0.232. The number of aliphatic hydroxyl groups excluding tert-OH is 2. The third-order valence-electron chi connectivity index (χ3n) is 0.471. The van der Waals surface area contributed by atoms with E-state index in [-0.39, 0.29) is 48.2 Å². The van der Waals surface area contributed by atoms with Crippen molar-refractivity contribution in [1.29, 1.82) is 0 Å². The van der Waals surface area contributed by atoms with E-state index in [0.29, 0.717) is 13.2 Å². The molecule has 0 aliphatic heterocycles. The van der Waals surface area contributed by atoms with Crippen molar-refractivity contribution in [2.75, 3.05) is 26.4 Å². The Balaban J connectivity index is -0.0000000651. The second-order valence-electron chi connectivity index (χ2n) is 1.51. The summed E-state index contributed by atoms with van der Waals surface area (Å²) in [6.45, 7) is 0.696. The number of hydrogen-bond donors (Lipinski definition) is 4. The first-order valence-electron chi connectivity index (χ1n) is 2.91. The minimum atomic E-state index is -4.67. The summed E-state index contributed by atoms with van der Waals surface area (Å²) < 4.78 is 36.2. The second-order valence-corrected chi connectivity index (χ2v) is 2.40. The van der Waals surface area contributed by atoms with Crippen LogP contribution in [0.2, 0.25) is 0 Å². The molecule has 0 aromatic carbocycles. The molecular formula is C4H15NaO8S. The fourth-order valence-electron chi connectivity index (χ4n) is 0.231. The first-order chi connectivity index (χ1) is 5.41. The number of rotatable bonds is 4. The Bertz CT molecular complexity index is 156. The van der Waals surface area contributed by atoms with Crippen LogP contribution in [0, 0.1) is 0 Å². The summed E-state index contributed by atoms with van der Waals surface area (Å²) in [6, 6.07) is 0. The van der Waals surface area contributed by atoms with Crippen molar-refractivity contribution < 1.29 is 37.9 Å². The SMILES string of the molecule is O.O=S(=O)(O)O.OCCOCCO.[NaH]. The average molecular weight is 246 g/mol. The minimum absolute atomic E-state index is 0. The van der Waals surface area contributed by atoms with Crippen molar-refractivity contribution in [2.24, 2.45) is 0 Å². The van der Waals surface area contributed by atoms with E-state index >= 15 is 0 Å². The zero-order valence-electron chi connectivity index (χ0n) is 6.75. The average Bonchev–Trinajstić information content (AvgIpc) is 1.85. The molecule has 0 bridgehead atoms. The van der Waals surface area contributed by atoms with Crippen LogP contribution in [0.4, 0.5) is 0 Å². The summed E-state index contributed by atoms with van der Waals surface area (Å²) in [5.74, 6) is 0. The molecule has 0 atom stereocenters. The van der Waals surface area contributed by atoms with Gasteiger partial charge in [-0.1, -0.05) is 0 Å². The Morgan fingerprint density at radius 2 is 1.21 bits per heavy atom. The summed E-state index contributed by atoms with van der Waals surface area (Å²) in [6.07, 6.45) is 0. The van der Waals surface area contributed by atoms with Gasteiger partial charge in [0.15, 0.2) is 0 Å². The number of ether oxygens (including phenoxy) is 1. The van der Waals surface area contributed by atoms with Crippen LogP contribution in [0.5, 0.6) is 0 Å². The number of hydrogen-bond acceptors (Lipinski definition) is 5. The molecule has 0 heterocycles. The van der Waals surface area contributed by atoms with E-state index in [1.54, 1.807) is 0 Å². The van der Waals surface area contributed by atoms with Crippen molar-refractivity contribution >= 4 is 40.0 Å². The zero-order valence-corrected chi connectivity index (χ0v) is 7.57. The van der Waals surface area contributed by atoms with Crippen molar-refractivity contribution in [2.45, 2.75) is 0 Å². The molecule has 0 unspecified atom stereocenters. The van der Waals surface area contributed by atoms with Crippen LogP contribution in [0.1, 0.15) is 0 Å². The van der Waals surface area contributed by atoms with Gasteiger partial charge < -0.3 is 20.4 Å². The predicted molar refractivity (Wildman–Crippen MR) is 49.9 cm³/mol. The van der Waals surface area contributed by atoms with E-state index in [1.165, 1.54) is 0 Å². The van der Waals surface area contributed by atoms with Crippen LogP contribution in [0.15, 0.2) is 0 Å². The molecule has 0 saturated heterocycles. The molecule has 0 aromatic rings. The molecule has 0 rings (SSSR count). The van der Waals surface area contributed by atoms with Gasteiger partial charge >= 0.3 is 40.0 Å². The maximum atomic E-state index is 8.74. The van der Waals surface area contributed by atoms with Crippen LogP contribution >= 0.6 is 0 Å². The van der Waals surface area contributed by atoms with E-state index in [0.717, 1.165) is 0 Å². The van der Waals surface area contributed by atoms with Gasteiger partial charge in [0, 0.05) is 0 Å². The van der Waals surface area contributed by atoms with E-state index in [4.69, 9.17) is 27.7 Å². The van der Waals surface area contributed by atoms with Gasteiger partial charge in [0.1, 0.15) is 0 Å². The third-order valence-corrected chi connectivity index (χ3v) is 0.471. The fourth-order valence-corrected chi connectivity index (χ4v) is 0.231. The molecule has 0 radical (unpaired) electrons. The molecule has 6 N–H and O–H groups in total. The second kappa shape index (κ2) is 16.2. The van der Waals surface area contributed by atoms with Crippen LogP contribution in [-0.4, -0.2) is 89.2 Å². The molecule has 14 heavy (non-hydrogen) atoms. The van der Waals surface area contributed by atoms with Gasteiger partial charge in [0.2, 0.25) is 0 Å². The van der Waals surface area contributed by atoms with Crippen molar-refractivity contribution in [1.82, 2.24) is 0 Å². The third kappa shape index (κ3) is 78.6. The first kappa shape index (κ1) is 24.1. The standard InChI is InChI=1S/C4H10O3.Na.H2O4S.H2O.H/c5-1-3-7-4-2-6;;1-5(2,3)4;;/h5-6H,1-4H2;;(H2,1,2,3,4);1H2;. The Kier molecular flexibility index (Phi) is 27.8. The van der Waals surface area contributed by atoms with Gasteiger partial charge in [0.05, 0.1) is 26.4 Å². The van der Waals surface area contributed by atoms with Gasteiger partial charge in [-0.05, 0) is 0 Å². The molecule has 0 spiro atoms. The van der Waals surface area contributed by atoms with Crippen molar-refractivity contribution in [3.63, 3.8) is 0 Å². The molecule has 0 fully saturated rings. The topological polar surface area (TPSA) is 156 Å². The van der Waals surface area contributed by atoms with Crippen LogP contribution in [0.25, 0.3) is 0 Å². The van der Waals surface area contributed by atoms with Crippen LogP contribution < -0.4 is 0 Å². The van der Waals surface area contributed by atoms with Crippen LogP contribution in [-0.2, 0) is 15.1 Å².